The largest absolute Gasteiger partial charge is 0.472 e. The van der Waals surface area contributed by atoms with E-state index < -0.39 is 32.5 Å². The Bertz CT molecular complexity index is 949. The zero-order chi connectivity index (χ0) is 36.1. The molecule has 49 heavy (non-hydrogen) atoms. The molecule has 2 atom stereocenters. The number of unbranched alkanes of at least 4 members (excludes halogenated alkanes) is 14. The number of nitrogens with two attached hydrogens (primary N) is 1. The van der Waals surface area contributed by atoms with Gasteiger partial charge in [-0.2, -0.15) is 0 Å². The summed E-state index contributed by atoms with van der Waals surface area (Å²) in [6.45, 7) is 3.55. The molecular weight excluding hydrogens is 641 g/mol. The summed E-state index contributed by atoms with van der Waals surface area (Å²) in [5.74, 6) is -0.863. The third-order valence-electron chi connectivity index (χ3n) is 7.70. The van der Waals surface area contributed by atoms with E-state index in [2.05, 4.69) is 62.5 Å². The van der Waals surface area contributed by atoms with Crippen molar-refractivity contribution >= 4 is 19.8 Å². The van der Waals surface area contributed by atoms with Gasteiger partial charge in [0.2, 0.25) is 0 Å². The molecular formula is C39H70NO8P. The van der Waals surface area contributed by atoms with E-state index >= 15 is 0 Å². The predicted molar refractivity (Wildman–Crippen MR) is 201 cm³/mol. The minimum Gasteiger partial charge on any atom is -0.462 e. The summed E-state index contributed by atoms with van der Waals surface area (Å²) in [6.07, 6.45) is 38.5. The summed E-state index contributed by atoms with van der Waals surface area (Å²) in [6, 6.07) is 0. The first-order valence-corrected chi connectivity index (χ1v) is 20.6. The lowest BCUT2D eigenvalue weighted by Gasteiger charge is -2.19. The SMILES string of the molecule is CCC=CCC=CCC=CCCCCCCCC(=O)O[C@H](COC(=O)CCCCCCCC=CCCCCCC)COP(=O)(O)OCCN. The zero-order valence-corrected chi connectivity index (χ0v) is 31.8. The molecule has 0 fully saturated rings. The van der Waals surface area contributed by atoms with Crippen LogP contribution in [0.25, 0.3) is 0 Å². The van der Waals surface area contributed by atoms with Crippen molar-refractivity contribution in [2.24, 2.45) is 5.73 Å². The summed E-state index contributed by atoms with van der Waals surface area (Å²) in [5, 5.41) is 0. The first-order chi connectivity index (χ1) is 23.8. The van der Waals surface area contributed by atoms with E-state index in [1.807, 2.05) is 0 Å². The van der Waals surface area contributed by atoms with Crippen LogP contribution in [0.15, 0.2) is 48.6 Å². The lowest BCUT2D eigenvalue weighted by molar-refractivity contribution is -0.161. The highest BCUT2D eigenvalue weighted by atomic mass is 31.2. The van der Waals surface area contributed by atoms with Gasteiger partial charge in [0, 0.05) is 19.4 Å². The van der Waals surface area contributed by atoms with Crippen molar-refractivity contribution in [3.05, 3.63) is 48.6 Å². The van der Waals surface area contributed by atoms with Gasteiger partial charge in [0.25, 0.3) is 0 Å². The molecule has 0 bridgehead atoms. The number of esters is 2. The van der Waals surface area contributed by atoms with Crippen molar-refractivity contribution in [1.82, 2.24) is 0 Å². The third kappa shape index (κ3) is 35.6. The minimum atomic E-state index is -4.38. The van der Waals surface area contributed by atoms with Gasteiger partial charge in [-0.25, -0.2) is 4.57 Å². The highest BCUT2D eigenvalue weighted by molar-refractivity contribution is 7.47. The van der Waals surface area contributed by atoms with Crippen LogP contribution in [-0.2, 0) is 32.7 Å². The van der Waals surface area contributed by atoms with Gasteiger partial charge in [0.05, 0.1) is 13.2 Å². The number of carbonyl (C=O) groups is 2. The fourth-order valence-electron chi connectivity index (χ4n) is 4.88. The van der Waals surface area contributed by atoms with E-state index in [0.29, 0.717) is 6.42 Å². The number of ether oxygens (including phenoxy) is 2. The number of rotatable bonds is 35. The summed E-state index contributed by atoms with van der Waals surface area (Å²) >= 11 is 0. The predicted octanol–water partition coefficient (Wildman–Crippen LogP) is 10.4. The second-order valence-electron chi connectivity index (χ2n) is 12.4. The Morgan fingerprint density at radius 2 is 1.12 bits per heavy atom. The maximum absolute atomic E-state index is 12.5. The number of hydrogen-bond donors (Lipinski definition) is 2. The standard InChI is InChI=1S/C39H70NO8P/c1-3-5-7-9-11-13-15-17-18-20-22-24-26-28-30-32-39(42)48-37(36-47-49(43,44)46-34-33-40)35-45-38(41)31-29-27-25-23-21-19-16-14-12-10-8-6-4-2/h5,7,11,13-14,16-18,37H,3-4,6,8-10,12,15,19-36,40H2,1-2H3,(H,43,44)/t37-/m1/s1. The van der Waals surface area contributed by atoms with Crippen molar-refractivity contribution in [2.45, 2.75) is 161 Å². The molecule has 0 saturated heterocycles. The van der Waals surface area contributed by atoms with Gasteiger partial charge in [-0.15, -0.1) is 0 Å². The van der Waals surface area contributed by atoms with Gasteiger partial charge < -0.3 is 20.1 Å². The Morgan fingerprint density at radius 3 is 1.69 bits per heavy atom. The fourth-order valence-corrected chi connectivity index (χ4v) is 5.64. The van der Waals surface area contributed by atoms with E-state index in [1.165, 1.54) is 32.1 Å². The first kappa shape index (κ1) is 47.0. The Hall–Kier alpha value is -2.03. The molecule has 0 heterocycles. The molecule has 10 heteroatoms. The number of hydrogen-bond acceptors (Lipinski definition) is 8. The summed E-state index contributed by atoms with van der Waals surface area (Å²) < 4.78 is 32.6. The Morgan fingerprint density at radius 1 is 0.633 bits per heavy atom. The van der Waals surface area contributed by atoms with E-state index in [0.717, 1.165) is 89.9 Å². The van der Waals surface area contributed by atoms with Gasteiger partial charge in [0.1, 0.15) is 6.61 Å². The minimum absolute atomic E-state index is 0.0475. The fraction of sp³-hybridized carbons (Fsp3) is 0.744. The summed E-state index contributed by atoms with van der Waals surface area (Å²) in [5.41, 5.74) is 5.33. The van der Waals surface area contributed by atoms with Crippen LogP contribution in [0.1, 0.15) is 155 Å². The van der Waals surface area contributed by atoms with Gasteiger partial charge in [-0.3, -0.25) is 18.6 Å². The van der Waals surface area contributed by atoms with E-state index in [9.17, 15) is 19.0 Å². The van der Waals surface area contributed by atoms with Gasteiger partial charge in [-0.1, -0.05) is 120 Å². The summed E-state index contributed by atoms with van der Waals surface area (Å²) in [4.78, 5) is 34.7. The van der Waals surface area contributed by atoms with E-state index in [-0.39, 0.29) is 32.6 Å². The Balaban J connectivity index is 4.28. The molecule has 0 radical (unpaired) electrons. The molecule has 0 aliphatic carbocycles. The van der Waals surface area contributed by atoms with Crippen LogP contribution in [0.4, 0.5) is 0 Å². The Labute approximate surface area is 298 Å². The molecule has 284 valence electrons. The maximum Gasteiger partial charge on any atom is 0.472 e. The molecule has 0 saturated carbocycles. The van der Waals surface area contributed by atoms with Crippen molar-refractivity contribution in [1.29, 1.82) is 0 Å². The van der Waals surface area contributed by atoms with Crippen LogP contribution in [0.3, 0.4) is 0 Å². The van der Waals surface area contributed by atoms with Crippen LogP contribution in [0, 0.1) is 0 Å². The molecule has 1 unspecified atom stereocenters. The topological polar surface area (TPSA) is 134 Å². The van der Waals surface area contributed by atoms with Crippen molar-refractivity contribution in [2.75, 3.05) is 26.4 Å². The van der Waals surface area contributed by atoms with Crippen LogP contribution in [0.5, 0.6) is 0 Å². The van der Waals surface area contributed by atoms with Crippen molar-refractivity contribution in [3.8, 4) is 0 Å². The van der Waals surface area contributed by atoms with Crippen LogP contribution < -0.4 is 5.73 Å². The average molecular weight is 712 g/mol. The number of phosphoric ester groups is 1. The molecule has 0 aliphatic heterocycles. The Kier molecular flexibility index (Phi) is 34.3. The van der Waals surface area contributed by atoms with Crippen molar-refractivity contribution in [3.63, 3.8) is 0 Å². The van der Waals surface area contributed by atoms with Gasteiger partial charge >= 0.3 is 19.8 Å². The lowest BCUT2D eigenvalue weighted by atomic mass is 10.1. The van der Waals surface area contributed by atoms with E-state index in [1.54, 1.807) is 0 Å². The normalized spacial score (nSPS) is 14.0. The lowest BCUT2D eigenvalue weighted by Crippen LogP contribution is -2.29. The smallest absolute Gasteiger partial charge is 0.462 e. The highest BCUT2D eigenvalue weighted by Gasteiger charge is 2.25. The molecule has 0 spiro atoms. The monoisotopic (exact) mass is 711 g/mol. The zero-order valence-electron chi connectivity index (χ0n) is 30.9. The molecule has 0 aromatic heterocycles. The second kappa shape index (κ2) is 35.8. The van der Waals surface area contributed by atoms with Gasteiger partial charge in [0.15, 0.2) is 6.10 Å². The highest BCUT2D eigenvalue weighted by Crippen LogP contribution is 2.43. The third-order valence-corrected chi connectivity index (χ3v) is 8.68. The molecule has 0 aliphatic rings. The van der Waals surface area contributed by atoms with Crippen LogP contribution in [-0.4, -0.2) is 49.3 Å². The quantitative estimate of drug-likeness (QED) is 0.0285. The first-order valence-electron chi connectivity index (χ1n) is 19.1. The molecule has 0 aromatic carbocycles. The van der Waals surface area contributed by atoms with Crippen LogP contribution >= 0.6 is 7.82 Å². The molecule has 0 amide bonds. The number of phosphoric acid groups is 1. The van der Waals surface area contributed by atoms with E-state index in [4.69, 9.17) is 24.3 Å². The molecule has 0 aromatic rings. The maximum atomic E-state index is 12.5. The number of carbonyl (C=O) groups excluding carboxylic acids is 2. The average Bonchev–Trinajstić information content (AvgIpc) is 3.08. The molecule has 3 N–H and O–H groups in total. The van der Waals surface area contributed by atoms with Gasteiger partial charge in [-0.05, 0) is 70.6 Å². The van der Waals surface area contributed by atoms with Crippen molar-refractivity contribution < 1.29 is 37.6 Å². The number of allylic oxidation sites excluding steroid dienone is 8. The molecule has 9 nitrogen and oxygen atoms in total. The summed E-state index contributed by atoms with van der Waals surface area (Å²) in [7, 11) is -4.38. The van der Waals surface area contributed by atoms with Crippen LogP contribution in [0.2, 0.25) is 0 Å². The molecule has 0 rings (SSSR count). The second-order valence-corrected chi connectivity index (χ2v) is 13.9.